The predicted molar refractivity (Wildman–Crippen MR) is 78.0 cm³/mol. The third-order valence-corrected chi connectivity index (χ3v) is 3.34. The van der Waals surface area contributed by atoms with E-state index in [-0.39, 0.29) is 0 Å². The number of benzene rings is 1. The summed E-state index contributed by atoms with van der Waals surface area (Å²) in [6, 6.07) is 11.6. The van der Waals surface area contributed by atoms with E-state index in [1.807, 2.05) is 50.4 Å². The van der Waals surface area contributed by atoms with Crippen LogP contribution in [-0.2, 0) is 13.5 Å². The van der Waals surface area contributed by atoms with Crippen LogP contribution >= 0.6 is 0 Å². The molecule has 0 saturated heterocycles. The lowest BCUT2D eigenvalue weighted by Gasteiger charge is -2.07. The van der Waals surface area contributed by atoms with Gasteiger partial charge in [0.2, 0.25) is 0 Å². The number of aryl methyl sites for hydroxylation is 2. The zero-order chi connectivity index (χ0) is 14.8. The van der Waals surface area contributed by atoms with Gasteiger partial charge in [0.25, 0.3) is 0 Å². The van der Waals surface area contributed by atoms with Crippen LogP contribution in [0.4, 0.5) is 0 Å². The minimum absolute atomic E-state index is 0.463. The van der Waals surface area contributed by atoms with Gasteiger partial charge in [-0.25, -0.2) is 0 Å². The van der Waals surface area contributed by atoms with Gasteiger partial charge in [0.1, 0.15) is 11.8 Å². The van der Waals surface area contributed by atoms with Gasteiger partial charge in [-0.05, 0) is 25.1 Å². The van der Waals surface area contributed by atoms with Crippen molar-refractivity contribution in [2.75, 3.05) is 0 Å². The van der Waals surface area contributed by atoms with E-state index in [1.54, 1.807) is 10.9 Å². The Kier molecular flexibility index (Phi) is 3.53. The SMILES string of the molecule is Cc1cc(CC(O)c2cnn(-c3ccccc3)n2)n(C)n1. The fraction of sp³-hybridized carbons (Fsp3) is 0.267. The maximum absolute atomic E-state index is 10.3. The third kappa shape index (κ3) is 2.85. The first-order valence-electron chi connectivity index (χ1n) is 6.79. The summed E-state index contributed by atoms with van der Waals surface area (Å²) in [7, 11) is 1.87. The summed E-state index contributed by atoms with van der Waals surface area (Å²) in [6.07, 6.45) is 1.36. The number of hydrogen-bond acceptors (Lipinski definition) is 4. The molecular formula is C15H17N5O. The van der Waals surface area contributed by atoms with Crippen LogP contribution in [0.25, 0.3) is 5.69 Å². The Morgan fingerprint density at radius 2 is 1.95 bits per heavy atom. The Hall–Kier alpha value is -2.47. The smallest absolute Gasteiger partial charge is 0.112 e. The van der Waals surface area contributed by atoms with Crippen LogP contribution < -0.4 is 0 Å². The predicted octanol–water partition coefficient (Wildman–Crippen LogP) is 1.59. The average molecular weight is 283 g/mol. The molecular weight excluding hydrogens is 266 g/mol. The maximum Gasteiger partial charge on any atom is 0.112 e. The topological polar surface area (TPSA) is 68.8 Å². The van der Waals surface area contributed by atoms with Gasteiger partial charge >= 0.3 is 0 Å². The second-order valence-electron chi connectivity index (χ2n) is 5.02. The zero-order valence-electron chi connectivity index (χ0n) is 12.0. The highest BCUT2D eigenvalue weighted by atomic mass is 16.3. The molecule has 2 aromatic heterocycles. The monoisotopic (exact) mass is 283 g/mol. The van der Waals surface area contributed by atoms with Crippen LogP contribution in [-0.4, -0.2) is 29.9 Å². The average Bonchev–Trinajstić information content (AvgIpc) is 3.07. The second kappa shape index (κ2) is 5.49. The van der Waals surface area contributed by atoms with Crippen molar-refractivity contribution in [1.82, 2.24) is 24.8 Å². The Balaban J connectivity index is 1.78. The standard InChI is InChI=1S/C15H17N5O/c1-11-8-13(19(2)17-11)9-15(21)14-10-16-20(18-14)12-6-4-3-5-7-12/h3-8,10,15,21H,9H2,1-2H3. The summed E-state index contributed by atoms with van der Waals surface area (Å²) in [4.78, 5) is 1.52. The molecule has 0 aliphatic carbocycles. The Morgan fingerprint density at radius 3 is 2.62 bits per heavy atom. The molecule has 0 spiro atoms. The molecule has 1 atom stereocenters. The molecule has 0 aliphatic heterocycles. The molecule has 0 aliphatic rings. The molecule has 3 aromatic rings. The lowest BCUT2D eigenvalue weighted by molar-refractivity contribution is 0.170. The second-order valence-corrected chi connectivity index (χ2v) is 5.02. The molecule has 0 amide bonds. The lowest BCUT2D eigenvalue weighted by Crippen LogP contribution is -2.08. The fourth-order valence-electron chi connectivity index (χ4n) is 2.27. The summed E-state index contributed by atoms with van der Waals surface area (Å²) in [6.45, 7) is 1.93. The maximum atomic E-state index is 10.3. The van der Waals surface area contributed by atoms with Crippen molar-refractivity contribution in [1.29, 1.82) is 0 Å². The summed E-state index contributed by atoms with van der Waals surface area (Å²) in [5.74, 6) is 0. The van der Waals surface area contributed by atoms with Crippen molar-refractivity contribution in [3.8, 4) is 5.69 Å². The minimum atomic E-state index is -0.697. The van der Waals surface area contributed by atoms with Crippen molar-refractivity contribution in [2.24, 2.45) is 7.05 Å². The van der Waals surface area contributed by atoms with E-state index < -0.39 is 6.10 Å². The third-order valence-electron chi connectivity index (χ3n) is 3.34. The first kappa shape index (κ1) is 13.5. The molecule has 0 bridgehead atoms. The number of aliphatic hydroxyl groups excluding tert-OH is 1. The van der Waals surface area contributed by atoms with Gasteiger partial charge < -0.3 is 5.11 Å². The van der Waals surface area contributed by atoms with E-state index in [4.69, 9.17) is 0 Å². The van der Waals surface area contributed by atoms with Gasteiger partial charge in [-0.3, -0.25) is 4.68 Å². The van der Waals surface area contributed by atoms with Crippen molar-refractivity contribution < 1.29 is 5.11 Å². The highest BCUT2D eigenvalue weighted by molar-refractivity contribution is 5.28. The molecule has 3 rings (SSSR count). The van der Waals surface area contributed by atoms with E-state index in [2.05, 4.69) is 15.3 Å². The molecule has 6 nitrogen and oxygen atoms in total. The van der Waals surface area contributed by atoms with E-state index in [0.717, 1.165) is 17.1 Å². The molecule has 2 heterocycles. The van der Waals surface area contributed by atoms with Crippen molar-refractivity contribution in [3.05, 3.63) is 59.7 Å². The van der Waals surface area contributed by atoms with Gasteiger partial charge in [0.15, 0.2) is 0 Å². The van der Waals surface area contributed by atoms with Crippen LogP contribution in [0.1, 0.15) is 23.2 Å². The lowest BCUT2D eigenvalue weighted by atomic mass is 10.1. The molecule has 1 N–H and O–H groups in total. The molecule has 21 heavy (non-hydrogen) atoms. The molecule has 108 valence electrons. The van der Waals surface area contributed by atoms with Gasteiger partial charge in [0, 0.05) is 19.2 Å². The number of aliphatic hydroxyl groups is 1. The van der Waals surface area contributed by atoms with Gasteiger partial charge in [-0.15, -0.1) is 0 Å². The number of nitrogens with zero attached hydrogens (tertiary/aromatic N) is 5. The number of para-hydroxylation sites is 1. The fourth-order valence-corrected chi connectivity index (χ4v) is 2.27. The van der Waals surface area contributed by atoms with Crippen LogP contribution in [0, 0.1) is 6.92 Å². The van der Waals surface area contributed by atoms with Gasteiger partial charge in [-0.1, -0.05) is 18.2 Å². The van der Waals surface area contributed by atoms with Crippen LogP contribution in [0.2, 0.25) is 0 Å². The minimum Gasteiger partial charge on any atom is -0.386 e. The first-order chi connectivity index (χ1) is 10.1. The highest BCUT2D eigenvalue weighted by Gasteiger charge is 2.15. The van der Waals surface area contributed by atoms with Crippen molar-refractivity contribution in [2.45, 2.75) is 19.4 Å². The molecule has 6 heteroatoms. The zero-order valence-corrected chi connectivity index (χ0v) is 12.0. The van der Waals surface area contributed by atoms with E-state index in [9.17, 15) is 5.11 Å². The summed E-state index contributed by atoms with van der Waals surface area (Å²) in [5, 5.41) is 23.1. The van der Waals surface area contributed by atoms with Crippen LogP contribution in [0.3, 0.4) is 0 Å². The summed E-state index contributed by atoms with van der Waals surface area (Å²) < 4.78 is 1.78. The Labute approximate surface area is 122 Å². The normalized spacial score (nSPS) is 12.5. The Bertz CT molecular complexity index is 732. The largest absolute Gasteiger partial charge is 0.386 e. The van der Waals surface area contributed by atoms with Crippen LogP contribution in [0.5, 0.6) is 0 Å². The van der Waals surface area contributed by atoms with E-state index >= 15 is 0 Å². The van der Waals surface area contributed by atoms with Gasteiger partial charge in [0.05, 0.1) is 17.6 Å². The Morgan fingerprint density at radius 1 is 1.19 bits per heavy atom. The van der Waals surface area contributed by atoms with Gasteiger partial charge in [-0.2, -0.15) is 20.1 Å². The quantitative estimate of drug-likeness (QED) is 0.789. The van der Waals surface area contributed by atoms with Crippen LogP contribution in [0.15, 0.2) is 42.6 Å². The number of hydrogen-bond donors (Lipinski definition) is 1. The molecule has 0 saturated carbocycles. The summed E-state index contributed by atoms with van der Waals surface area (Å²) >= 11 is 0. The van der Waals surface area contributed by atoms with Crippen molar-refractivity contribution in [3.63, 3.8) is 0 Å². The highest BCUT2D eigenvalue weighted by Crippen LogP contribution is 2.17. The molecule has 1 unspecified atom stereocenters. The molecule has 1 aromatic carbocycles. The molecule has 0 radical (unpaired) electrons. The first-order valence-corrected chi connectivity index (χ1v) is 6.79. The van der Waals surface area contributed by atoms with E-state index in [0.29, 0.717) is 12.1 Å². The summed E-state index contributed by atoms with van der Waals surface area (Å²) in [5.41, 5.74) is 3.33. The number of aromatic nitrogens is 5. The molecule has 0 fully saturated rings. The van der Waals surface area contributed by atoms with E-state index in [1.165, 1.54) is 4.80 Å². The van der Waals surface area contributed by atoms with Crippen molar-refractivity contribution >= 4 is 0 Å². The number of rotatable bonds is 4.